The fourth-order valence-electron chi connectivity index (χ4n) is 4.08. The molecule has 0 aliphatic carbocycles. The van der Waals surface area contributed by atoms with Gasteiger partial charge in [-0.2, -0.15) is 0 Å². The van der Waals surface area contributed by atoms with Crippen molar-refractivity contribution in [1.82, 2.24) is 4.90 Å². The van der Waals surface area contributed by atoms with Gasteiger partial charge in [-0.1, -0.05) is 0 Å². The number of hydrogen-bond acceptors (Lipinski definition) is 7. The number of fused-ring (bicyclic) bond motifs is 1. The summed E-state index contributed by atoms with van der Waals surface area (Å²) in [6, 6.07) is 18.4. The third kappa shape index (κ3) is 4.85. The number of carbonyl (C=O) groups is 1. The van der Waals surface area contributed by atoms with E-state index in [-0.39, 0.29) is 17.3 Å². The number of phenols is 2. The number of hydrogen-bond donors (Lipinski definition) is 2. The van der Waals surface area contributed by atoms with Crippen molar-refractivity contribution in [3.05, 3.63) is 77.2 Å². The Morgan fingerprint density at radius 2 is 1.56 bits per heavy atom. The predicted molar refractivity (Wildman–Crippen MR) is 133 cm³/mol. The Hall–Kier alpha value is -3.55. The zero-order chi connectivity index (χ0) is 23.5. The van der Waals surface area contributed by atoms with Crippen LogP contribution in [0.4, 0.5) is 0 Å². The molecule has 2 heterocycles. The number of thiophene rings is 1. The Kier molecular flexibility index (Phi) is 6.38. The van der Waals surface area contributed by atoms with Gasteiger partial charge in [-0.3, -0.25) is 9.69 Å². The number of benzene rings is 3. The zero-order valence-corrected chi connectivity index (χ0v) is 19.4. The van der Waals surface area contributed by atoms with E-state index in [0.717, 1.165) is 35.5 Å². The molecule has 1 saturated heterocycles. The SMILES string of the molecule is O=C(c1ccc(O)cc1)c1sc2cc(O)ccc2c1Oc1ccc(OCCN2CCCC2)cc1. The molecule has 0 spiro atoms. The molecule has 1 aliphatic heterocycles. The highest BCUT2D eigenvalue weighted by molar-refractivity contribution is 7.21. The van der Waals surface area contributed by atoms with Crippen LogP contribution in [-0.4, -0.2) is 47.1 Å². The third-order valence-electron chi connectivity index (χ3n) is 5.88. The number of ketones is 1. The van der Waals surface area contributed by atoms with Crippen LogP contribution in [0, 0.1) is 0 Å². The van der Waals surface area contributed by atoms with Crippen molar-refractivity contribution in [2.75, 3.05) is 26.2 Å². The first-order chi connectivity index (χ1) is 16.6. The molecule has 3 aromatic carbocycles. The number of nitrogens with zero attached hydrogens (tertiary/aromatic N) is 1. The van der Waals surface area contributed by atoms with Crippen LogP contribution in [0.3, 0.4) is 0 Å². The van der Waals surface area contributed by atoms with E-state index in [9.17, 15) is 15.0 Å². The Balaban J connectivity index is 1.37. The summed E-state index contributed by atoms with van der Waals surface area (Å²) in [4.78, 5) is 16.1. The molecule has 0 unspecified atom stereocenters. The maximum atomic E-state index is 13.3. The summed E-state index contributed by atoms with van der Waals surface area (Å²) in [7, 11) is 0. The fraction of sp³-hybridized carbons (Fsp3) is 0.222. The Labute approximate surface area is 201 Å². The van der Waals surface area contributed by atoms with E-state index in [2.05, 4.69) is 4.90 Å². The monoisotopic (exact) mass is 475 g/mol. The number of carbonyl (C=O) groups excluding carboxylic acids is 1. The topological polar surface area (TPSA) is 79.2 Å². The number of ether oxygens (including phenoxy) is 2. The van der Waals surface area contributed by atoms with Crippen molar-refractivity contribution in [1.29, 1.82) is 0 Å². The molecule has 6 nitrogen and oxygen atoms in total. The lowest BCUT2D eigenvalue weighted by Gasteiger charge is -2.15. The van der Waals surface area contributed by atoms with Gasteiger partial charge in [0, 0.05) is 22.2 Å². The van der Waals surface area contributed by atoms with Crippen molar-refractivity contribution in [2.45, 2.75) is 12.8 Å². The average molecular weight is 476 g/mol. The summed E-state index contributed by atoms with van der Waals surface area (Å²) in [6.07, 6.45) is 2.53. The summed E-state index contributed by atoms with van der Waals surface area (Å²) >= 11 is 1.26. The summed E-state index contributed by atoms with van der Waals surface area (Å²) in [5, 5.41) is 20.2. The largest absolute Gasteiger partial charge is 0.508 e. The Morgan fingerprint density at radius 3 is 2.29 bits per heavy atom. The quantitative estimate of drug-likeness (QED) is 0.313. The fourth-order valence-corrected chi connectivity index (χ4v) is 5.20. The van der Waals surface area contributed by atoms with E-state index in [1.54, 1.807) is 30.3 Å². The van der Waals surface area contributed by atoms with E-state index < -0.39 is 0 Å². The first kappa shape index (κ1) is 22.3. The van der Waals surface area contributed by atoms with Gasteiger partial charge in [-0.25, -0.2) is 0 Å². The minimum absolute atomic E-state index is 0.0945. The molecule has 4 aromatic rings. The van der Waals surface area contributed by atoms with Crippen LogP contribution in [0.25, 0.3) is 10.1 Å². The van der Waals surface area contributed by atoms with Crippen molar-refractivity contribution in [3.63, 3.8) is 0 Å². The lowest BCUT2D eigenvalue weighted by molar-refractivity contribution is 0.104. The van der Waals surface area contributed by atoms with Gasteiger partial charge in [-0.05, 0) is 92.7 Å². The molecule has 0 atom stereocenters. The molecule has 5 rings (SSSR count). The molecule has 0 amide bonds. The molecule has 1 aliphatic rings. The molecule has 0 radical (unpaired) electrons. The lowest BCUT2D eigenvalue weighted by Crippen LogP contribution is -2.25. The molecule has 0 saturated carbocycles. The molecule has 1 aromatic heterocycles. The van der Waals surface area contributed by atoms with Crippen LogP contribution >= 0.6 is 11.3 Å². The van der Waals surface area contributed by atoms with Crippen molar-refractivity contribution in [2.24, 2.45) is 0 Å². The zero-order valence-electron chi connectivity index (χ0n) is 18.6. The minimum Gasteiger partial charge on any atom is -0.508 e. The van der Waals surface area contributed by atoms with Crippen molar-refractivity contribution in [3.8, 4) is 28.7 Å². The molecular weight excluding hydrogens is 450 g/mol. The van der Waals surface area contributed by atoms with Crippen LogP contribution < -0.4 is 9.47 Å². The second-order valence-corrected chi connectivity index (χ2v) is 9.34. The van der Waals surface area contributed by atoms with Gasteiger partial charge in [-0.15, -0.1) is 11.3 Å². The van der Waals surface area contributed by atoms with Gasteiger partial charge in [0.15, 0.2) is 5.75 Å². The van der Waals surface area contributed by atoms with Crippen LogP contribution in [0.15, 0.2) is 66.7 Å². The van der Waals surface area contributed by atoms with Crippen LogP contribution in [0.2, 0.25) is 0 Å². The van der Waals surface area contributed by atoms with E-state index in [1.807, 2.05) is 24.3 Å². The molecule has 2 N–H and O–H groups in total. The maximum absolute atomic E-state index is 13.3. The average Bonchev–Trinajstić information content (AvgIpc) is 3.48. The van der Waals surface area contributed by atoms with Gasteiger partial charge >= 0.3 is 0 Å². The molecule has 7 heteroatoms. The molecule has 174 valence electrons. The first-order valence-corrected chi connectivity index (χ1v) is 12.1. The second-order valence-electron chi connectivity index (χ2n) is 8.29. The number of aromatic hydroxyl groups is 2. The van der Waals surface area contributed by atoms with Gasteiger partial charge in [0.05, 0.1) is 0 Å². The summed E-state index contributed by atoms with van der Waals surface area (Å²) in [5.74, 6) is 1.81. The molecule has 1 fully saturated rings. The number of phenolic OH excluding ortho intramolecular Hbond substituents is 2. The van der Waals surface area contributed by atoms with Gasteiger partial charge in [0.1, 0.15) is 34.5 Å². The summed E-state index contributed by atoms with van der Waals surface area (Å²) in [5.41, 5.74) is 0.445. The Morgan fingerprint density at radius 1 is 0.882 bits per heavy atom. The molecule has 34 heavy (non-hydrogen) atoms. The van der Waals surface area contributed by atoms with E-state index >= 15 is 0 Å². The smallest absolute Gasteiger partial charge is 0.206 e. The summed E-state index contributed by atoms with van der Waals surface area (Å²) < 4.78 is 12.8. The highest BCUT2D eigenvalue weighted by atomic mass is 32.1. The lowest BCUT2D eigenvalue weighted by atomic mass is 10.1. The minimum atomic E-state index is -0.211. The highest BCUT2D eigenvalue weighted by Gasteiger charge is 2.22. The van der Waals surface area contributed by atoms with E-state index in [0.29, 0.717) is 28.5 Å². The van der Waals surface area contributed by atoms with Crippen LogP contribution in [0.5, 0.6) is 28.7 Å². The normalized spacial score (nSPS) is 13.9. The second kappa shape index (κ2) is 9.75. The molecule has 0 bridgehead atoms. The third-order valence-corrected chi connectivity index (χ3v) is 7.01. The van der Waals surface area contributed by atoms with Crippen LogP contribution in [0.1, 0.15) is 28.1 Å². The van der Waals surface area contributed by atoms with Gasteiger partial charge < -0.3 is 19.7 Å². The number of rotatable bonds is 8. The Bertz CT molecular complexity index is 1290. The first-order valence-electron chi connectivity index (χ1n) is 11.3. The van der Waals surface area contributed by atoms with Gasteiger partial charge in [0.2, 0.25) is 5.78 Å². The predicted octanol–water partition coefficient (Wildman–Crippen LogP) is 5.81. The van der Waals surface area contributed by atoms with Gasteiger partial charge in [0.25, 0.3) is 0 Å². The van der Waals surface area contributed by atoms with E-state index in [1.165, 1.54) is 36.3 Å². The molecular formula is C27H25NO5S. The standard InChI is InChI=1S/C27H25NO5S/c29-19-5-3-18(4-6-19)25(31)27-26(23-12-7-20(30)17-24(23)34-27)33-22-10-8-21(9-11-22)32-16-15-28-13-1-2-14-28/h3-12,17,29-30H,1-2,13-16H2. The van der Waals surface area contributed by atoms with Crippen molar-refractivity contribution < 1.29 is 24.5 Å². The van der Waals surface area contributed by atoms with Crippen LogP contribution in [-0.2, 0) is 0 Å². The van der Waals surface area contributed by atoms with Crippen molar-refractivity contribution >= 4 is 27.2 Å². The van der Waals surface area contributed by atoms with E-state index in [4.69, 9.17) is 9.47 Å². The number of likely N-dealkylation sites (tertiary alicyclic amines) is 1. The maximum Gasteiger partial charge on any atom is 0.206 e. The highest BCUT2D eigenvalue weighted by Crippen LogP contribution is 2.42. The summed E-state index contributed by atoms with van der Waals surface area (Å²) in [6.45, 7) is 3.86.